The van der Waals surface area contributed by atoms with Crippen LogP contribution in [0.15, 0.2) is 0 Å². The lowest BCUT2D eigenvalue weighted by Crippen LogP contribution is -2.21. The third-order valence-electron chi connectivity index (χ3n) is 4.44. The summed E-state index contributed by atoms with van der Waals surface area (Å²) in [4.78, 5) is 0. The van der Waals surface area contributed by atoms with E-state index in [2.05, 4.69) is 0 Å². The summed E-state index contributed by atoms with van der Waals surface area (Å²) in [6, 6.07) is 0. The minimum Gasteiger partial charge on any atom is -0.388 e. The van der Waals surface area contributed by atoms with E-state index < -0.39 is 6.10 Å². The van der Waals surface area contributed by atoms with Crippen LogP contribution in [-0.2, 0) is 37.9 Å². The van der Waals surface area contributed by atoms with Crippen molar-refractivity contribution in [1.82, 2.24) is 0 Å². The molecular weight excluding hydrogens is 396 g/mol. The topological polar surface area (TPSA) is 104 Å². The Bertz CT molecular complexity index is 369. The van der Waals surface area contributed by atoms with Crippen LogP contribution in [0.1, 0.15) is 25.7 Å². The number of epoxide rings is 3. The molecular formula is C21H40O9. The molecule has 0 radical (unpaired) electrons. The maximum atomic E-state index is 9.27. The molecule has 30 heavy (non-hydrogen) atoms. The van der Waals surface area contributed by atoms with E-state index >= 15 is 0 Å². The van der Waals surface area contributed by atoms with Crippen LogP contribution in [0.3, 0.4) is 0 Å². The smallest absolute Gasteiger partial charge is 0.104 e. The maximum Gasteiger partial charge on any atom is 0.104 e. The SMILES string of the molecule is C(CCOCC1CO1)COCC1CO1.COCC(O)COCCCCOCC1CO1. The van der Waals surface area contributed by atoms with Gasteiger partial charge in [0.2, 0.25) is 0 Å². The van der Waals surface area contributed by atoms with Gasteiger partial charge in [-0.05, 0) is 25.7 Å². The van der Waals surface area contributed by atoms with Crippen molar-refractivity contribution in [2.24, 2.45) is 0 Å². The molecule has 4 atom stereocenters. The van der Waals surface area contributed by atoms with E-state index in [-0.39, 0.29) is 0 Å². The number of ether oxygens (including phenoxy) is 8. The monoisotopic (exact) mass is 436 g/mol. The van der Waals surface area contributed by atoms with Gasteiger partial charge in [-0.25, -0.2) is 0 Å². The number of methoxy groups -OCH3 is 1. The van der Waals surface area contributed by atoms with Gasteiger partial charge in [0.05, 0.1) is 52.9 Å². The molecule has 1 N–H and O–H groups in total. The first-order valence-corrected chi connectivity index (χ1v) is 11.1. The van der Waals surface area contributed by atoms with Crippen LogP contribution < -0.4 is 0 Å². The van der Waals surface area contributed by atoms with Crippen LogP contribution in [0.5, 0.6) is 0 Å². The number of rotatable bonds is 20. The molecule has 0 aliphatic carbocycles. The number of hydrogen-bond donors (Lipinski definition) is 1. The molecule has 3 aliphatic rings. The lowest BCUT2D eigenvalue weighted by molar-refractivity contribution is -0.00802. The Labute approximate surface area is 180 Å². The first kappa shape index (κ1) is 25.9. The summed E-state index contributed by atoms with van der Waals surface area (Å²) in [7, 11) is 1.56. The minimum absolute atomic E-state index is 0.324. The van der Waals surface area contributed by atoms with Gasteiger partial charge >= 0.3 is 0 Å². The first-order valence-electron chi connectivity index (χ1n) is 11.1. The quantitative estimate of drug-likeness (QED) is 0.219. The molecule has 3 aliphatic heterocycles. The van der Waals surface area contributed by atoms with E-state index in [0.29, 0.717) is 44.7 Å². The Morgan fingerprint density at radius 2 is 1.03 bits per heavy atom. The van der Waals surface area contributed by atoms with Crippen molar-refractivity contribution < 1.29 is 43.0 Å². The Balaban J connectivity index is 0.000000215. The summed E-state index contributed by atoms with van der Waals surface area (Å²) < 4.78 is 41.3. The summed E-state index contributed by atoms with van der Waals surface area (Å²) in [5.41, 5.74) is 0. The number of unbranched alkanes of at least 4 members (excludes halogenated alkanes) is 2. The van der Waals surface area contributed by atoms with Crippen LogP contribution >= 0.6 is 0 Å². The summed E-state index contributed by atoms with van der Waals surface area (Å²) in [5, 5.41) is 9.27. The second-order valence-electron chi connectivity index (χ2n) is 7.69. The van der Waals surface area contributed by atoms with Crippen molar-refractivity contribution in [3.05, 3.63) is 0 Å². The molecule has 3 fully saturated rings. The number of aliphatic hydroxyl groups is 1. The third kappa shape index (κ3) is 17.3. The van der Waals surface area contributed by atoms with Crippen LogP contribution in [0, 0.1) is 0 Å². The fraction of sp³-hybridized carbons (Fsp3) is 1.00. The van der Waals surface area contributed by atoms with Crippen LogP contribution in [0.4, 0.5) is 0 Å². The summed E-state index contributed by atoms with van der Waals surface area (Å²) in [6.45, 7) is 8.56. The van der Waals surface area contributed by atoms with Crippen molar-refractivity contribution in [3.8, 4) is 0 Å². The van der Waals surface area contributed by atoms with Crippen molar-refractivity contribution in [2.45, 2.75) is 50.1 Å². The predicted molar refractivity (Wildman–Crippen MR) is 109 cm³/mol. The molecule has 0 saturated carbocycles. The number of aliphatic hydroxyl groups excluding tert-OH is 1. The van der Waals surface area contributed by atoms with E-state index in [1.165, 1.54) is 0 Å². The van der Waals surface area contributed by atoms with E-state index in [4.69, 9.17) is 37.9 Å². The fourth-order valence-electron chi connectivity index (χ4n) is 2.41. The maximum absolute atomic E-state index is 9.27. The van der Waals surface area contributed by atoms with Gasteiger partial charge in [-0.15, -0.1) is 0 Å². The van der Waals surface area contributed by atoms with Gasteiger partial charge in [-0.3, -0.25) is 0 Å². The highest BCUT2D eigenvalue weighted by molar-refractivity contribution is 4.68. The molecule has 9 nitrogen and oxygen atoms in total. The van der Waals surface area contributed by atoms with Gasteiger partial charge in [-0.1, -0.05) is 0 Å². The van der Waals surface area contributed by atoms with Crippen LogP contribution in [-0.4, -0.2) is 116 Å². The highest BCUT2D eigenvalue weighted by atomic mass is 16.6. The van der Waals surface area contributed by atoms with Crippen LogP contribution in [0.2, 0.25) is 0 Å². The largest absolute Gasteiger partial charge is 0.388 e. The van der Waals surface area contributed by atoms with Gasteiger partial charge in [-0.2, -0.15) is 0 Å². The van der Waals surface area contributed by atoms with Gasteiger partial charge in [0, 0.05) is 33.5 Å². The zero-order valence-corrected chi connectivity index (χ0v) is 18.3. The first-order chi connectivity index (χ1) is 14.8. The van der Waals surface area contributed by atoms with E-state index in [1.807, 2.05) is 0 Å². The average Bonchev–Trinajstić information content (AvgIpc) is 3.58. The van der Waals surface area contributed by atoms with Crippen molar-refractivity contribution in [1.29, 1.82) is 0 Å². The second-order valence-corrected chi connectivity index (χ2v) is 7.69. The second kappa shape index (κ2) is 17.2. The normalized spacial score (nSPS) is 24.8. The van der Waals surface area contributed by atoms with Gasteiger partial charge in [0.25, 0.3) is 0 Å². The number of hydrogen-bond acceptors (Lipinski definition) is 9. The molecule has 178 valence electrons. The van der Waals surface area contributed by atoms with Crippen molar-refractivity contribution in [2.75, 3.05) is 86.4 Å². The Morgan fingerprint density at radius 3 is 1.37 bits per heavy atom. The molecule has 3 rings (SSSR count). The minimum atomic E-state index is -0.520. The Kier molecular flexibility index (Phi) is 14.9. The zero-order chi connectivity index (χ0) is 21.3. The fourth-order valence-corrected chi connectivity index (χ4v) is 2.41. The van der Waals surface area contributed by atoms with E-state index in [9.17, 15) is 5.11 Å². The Hall–Kier alpha value is -0.360. The standard InChI is InChI=1S/C11H22O5.C10H18O4/c1-13-6-10(12)7-14-4-2-3-5-15-8-11-9-16-11;1(3-11-5-9-7-13-9)2-4-12-6-10-8-14-10/h10-12H,2-9H2,1H3;9-10H,1-8H2. The molecule has 0 bridgehead atoms. The Morgan fingerprint density at radius 1 is 0.667 bits per heavy atom. The molecule has 3 saturated heterocycles. The van der Waals surface area contributed by atoms with Gasteiger partial charge in [0.15, 0.2) is 0 Å². The highest BCUT2D eigenvalue weighted by Gasteiger charge is 2.23. The molecule has 0 aromatic carbocycles. The van der Waals surface area contributed by atoms with Crippen LogP contribution in [0.25, 0.3) is 0 Å². The summed E-state index contributed by atoms with van der Waals surface area (Å²) >= 11 is 0. The third-order valence-corrected chi connectivity index (χ3v) is 4.44. The average molecular weight is 437 g/mol. The molecule has 0 spiro atoms. The molecule has 0 amide bonds. The molecule has 4 unspecified atom stereocenters. The van der Waals surface area contributed by atoms with Gasteiger partial charge in [0.1, 0.15) is 24.4 Å². The highest BCUT2D eigenvalue weighted by Crippen LogP contribution is 2.10. The van der Waals surface area contributed by atoms with Gasteiger partial charge < -0.3 is 43.0 Å². The molecule has 3 heterocycles. The lowest BCUT2D eigenvalue weighted by atomic mass is 10.3. The molecule has 9 heteroatoms. The zero-order valence-electron chi connectivity index (χ0n) is 18.3. The van der Waals surface area contributed by atoms with E-state index in [0.717, 1.165) is 78.5 Å². The predicted octanol–water partition coefficient (Wildman–Crippen LogP) is 0.803. The van der Waals surface area contributed by atoms with Crippen molar-refractivity contribution >= 4 is 0 Å². The summed E-state index contributed by atoms with van der Waals surface area (Å²) in [6.07, 6.45) is 4.67. The summed E-state index contributed by atoms with van der Waals surface area (Å²) in [5.74, 6) is 0. The molecule has 0 aromatic rings. The molecule has 0 aromatic heterocycles. The van der Waals surface area contributed by atoms with Crippen molar-refractivity contribution in [3.63, 3.8) is 0 Å². The van der Waals surface area contributed by atoms with E-state index in [1.54, 1.807) is 7.11 Å². The lowest BCUT2D eigenvalue weighted by Gasteiger charge is -2.09.